The number of rotatable bonds is 6. The van der Waals surface area contributed by atoms with Crippen LogP contribution in [0, 0.1) is 12.3 Å². The number of pyridine rings is 1. The minimum absolute atomic E-state index is 0.0452. The van der Waals surface area contributed by atoms with E-state index in [4.69, 9.17) is 4.74 Å². The molecule has 0 unspecified atom stereocenters. The normalized spacial score (nSPS) is 15.9. The average molecular weight is 405 g/mol. The number of hydrogen-bond acceptors (Lipinski definition) is 4. The van der Waals surface area contributed by atoms with Gasteiger partial charge >= 0.3 is 0 Å². The molecule has 1 saturated heterocycles. The number of carbonyl (C=O) groups excluding carboxylic acids is 1. The minimum atomic E-state index is -0.193. The van der Waals surface area contributed by atoms with Gasteiger partial charge in [0, 0.05) is 36.2 Å². The number of hydrogen-bond donors (Lipinski definition) is 1. The van der Waals surface area contributed by atoms with Crippen LogP contribution in [0.3, 0.4) is 0 Å². The van der Waals surface area contributed by atoms with Crippen molar-refractivity contribution in [3.63, 3.8) is 0 Å². The van der Waals surface area contributed by atoms with Crippen molar-refractivity contribution >= 4 is 16.8 Å². The molecule has 5 nitrogen and oxygen atoms in total. The maximum absolute atomic E-state index is 13.3. The van der Waals surface area contributed by atoms with Gasteiger partial charge in [-0.25, -0.2) is 0 Å². The summed E-state index contributed by atoms with van der Waals surface area (Å²) in [5.41, 5.74) is 2.21. The van der Waals surface area contributed by atoms with E-state index in [1.165, 1.54) is 0 Å². The van der Waals surface area contributed by atoms with Crippen LogP contribution in [0.4, 0.5) is 0 Å². The van der Waals surface area contributed by atoms with Crippen LogP contribution in [-0.2, 0) is 0 Å². The van der Waals surface area contributed by atoms with E-state index in [2.05, 4.69) is 4.98 Å². The van der Waals surface area contributed by atoms with Crippen molar-refractivity contribution in [1.29, 1.82) is 0 Å². The average Bonchev–Trinajstić information content (AvgIpc) is 2.79. The molecule has 1 fully saturated rings. The molecule has 1 aliphatic heterocycles. The summed E-state index contributed by atoms with van der Waals surface area (Å²) in [5.74, 6) is 0.891. The Morgan fingerprint density at radius 3 is 2.53 bits per heavy atom. The van der Waals surface area contributed by atoms with Crippen LogP contribution in [0.25, 0.3) is 10.9 Å². The molecule has 2 heterocycles. The molecule has 1 aliphatic rings. The number of piperidine rings is 1. The Morgan fingerprint density at radius 2 is 1.80 bits per heavy atom. The lowest BCUT2D eigenvalue weighted by Crippen LogP contribution is -2.45. The number of benzene rings is 2. The Hall–Kier alpha value is -2.92. The second kappa shape index (κ2) is 8.84. The van der Waals surface area contributed by atoms with Gasteiger partial charge < -0.3 is 14.7 Å². The first kappa shape index (κ1) is 20.4. The molecule has 1 amide bonds. The van der Waals surface area contributed by atoms with Crippen LogP contribution >= 0.6 is 0 Å². The highest BCUT2D eigenvalue weighted by molar-refractivity contribution is 6.06. The second-order valence-corrected chi connectivity index (χ2v) is 8.19. The summed E-state index contributed by atoms with van der Waals surface area (Å²) in [4.78, 5) is 19.7. The molecule has 0 saturated carbocycles. The number of aryl methyl sites for hydroxylation is 1. The molecule has 0 radical (unpaired) electrons. The first-order chi connectivity index (χ1) is 14.6. The Kier molecular flexibility index (Phi) is 6.00. The van der Waals surface area contributed by atoms with E-state index in [1.54, 1.807) is 0 Å². The molecule has 30 heavy (non-hydrogen) atoms. The van der Waals surface area contributed by atoms with Gasteiger partial charge in [0.2, 0.25) is 0 Å². The van der Waals surface area contributed by atoms with E-state index in [0.717, 1.165) is 41.6 Å². The van der Waals surface area contributed by atoms with Crippen molar-refractivity contribution in [2.75, 3.05) is 26.3 Å². The summed E-state index contributed by atoms with van der Waals surface area (Å²) >= 11 is 0. The Balaban J connectivity index is 1.41. The number of amides is 1. The molecular weight excluding hydrogens is 376 g/mol. The predicted molar refractivity (Wildman–Crippen MR) is 118 cm³/mol. The molecular formula is C25H28N2O3. The molecule has 1 N–H and O–H groups in total. The summed E-state index contributed by atoms with van der Waals surface area (Å²) < 4.78 is 5.84. The zero-order chi connectivity index (χ0) is 21.0. The minimum Gasteiger partial charge on any atom is -0.494 e. The van der Waals surface area contributed by atoms with E-state index >= 15 is 0 Å². The third kappa shape index (κ3) is 4.31. The molecule has 0 spiro atoms. The second-order valence-electron chi connectivity index (χ2n) is 8.19. The van der Waals surface area contributed by atoms with Crippen LogP contribution in [0.2, 0.25) is 0 Å². The number of para-hydroxylation sites is 2. The lowest BCUT2D eigenvalue weighted by atomic mass is 9.76. The lowest BCUT2D eigenvalue weighted by Gasteiger charge is -2.40. The van der Waals surface area contributed by atoms with Crippen molar-refractivity contribution in [2.45, 2.75) is 26.2 Å². The van der Waals surface area contributed by atoms with Gasteiger partial charge in [0.1, 0.15) is 5.75 Å². The summed E-state index contributed by atoms with van der Waals surface area (Å²) in [6.07, 6.45) is 2.32. The first-order valence-electron chi connectivity index (χ1n) is 10.5. The molecule has 0 atom stereocenters. The van der Waals surface area contributed by atoms with E-state index in [0.29, 0.717) is 25.3 Å². The van der Waals surface area contributed by atoms with Crippen LogP contribution in [0.15, 0.2) is 60.7 Å². The highest BCUT2D eigenvalue weighted by Crippen LogP contribution is 2.35. The Bertz CT molecular complexity index is 1010. The Morgan fingerprint density at radius 1 is 1.10 bits per heavy atom. The smallest absolute Gasteiger partial charge is 0.254 e. The van der Waals surface area contributed by atoms with E-state index in [-0.39, 0.29) is 17.9 Å². The fraction of sp³-hybridized carbons (Fsp3) is 0.360. The van der Waals surface area contributed by atoms with Gasteiger partial charge in [-0.1, -0.05) is 36.4 Å². The molecule has 1 aromatic heterocycles. The molecule has 5 heteroatoms. The molecule has 3 aromatic rings. The van der Waals surface area contributed by atoms with Crippen molar-refractivity contribution in [1.82, 2.24) is 9.88 Å². The van der Waals surface area contributed by atoms with Gasteiger partial charge in [0.05, 0.1) is 17.7 Å². The molecule has 2 aromatic carbocycles. The van der Waals surface area contributed by atoms with Crippen LogP contribution in [0.1, 0.15) is 35.3 Å². The SMILES string of the molecule is Cc1cc(C(=O)N2CCC(CO)(CCOc3ccccc3)CC2)c2ccccc2n1. The lowest BCUT2D eigenvalue weighted by molar-refractivity contribution is 0.0242. The highest BCUT2D eigenvalue weighted by atomic mass is 16.5. The molecule has 0 aliphatic carbocycles. The summed E-state index contributed by atoms with van der Waals surface area (Å²) in [6, 6.07) is 19.4. The van der Waals surface area contributed by atoms with Crippen molar-refractivity contribution in [2.24, 2.45) is 5.41 Å². The van der Waals surface area contributed by atoms with Gasteiger partial charge in [-0.3, -0.25) is 9.78 Å². The number of nitrogens with zero attached hydrogens (tertiary/aromatic N) is 2. The third-order valence-electron chi connectivity index (χ3n) is 6.17. The number of carbonyl (C=O) groups is 1. The van der Waals surface area contributed by atoms with Crippen LogP contribution in [0.5, 0.6) is 5.75 Å². The fourth-order valence-corrected chi connectivity index (χ4v) is 4.23. The van der Waals surface area contributed by atoms with Crippen LogP contribution in [-0.4, -0.2) is 47.2 Å². The maximum Gasteiger partial charge on any atom is 0.254 e. The van der Waals surface area contributed by atoms with E-state index in [1.807, 2.05) is 72.5 Å². The van der Waals surface area contributed by atoms with Gasteiger partial charge in [0.15, 0.2) is 0 Å². The van der Waals surface area contributed by atoms with E-state index < -0.39 is 0 Å². The highest BCUT2D eigenvalue weighted by Gasteiger charge is 2.36. The summed E-state index contributed by atoms with van der Waals surface area (Å²) in [7, 11) is 0. The number of aliphatic hydroxyl groups is 1. The molecule has 4 rings (SSSR count). The molecule has 0 bridgehead atoms. The third-order valence-corrected chi connectivity index (χ3v) is 6.17. The topological polar surface area (TPSA) is 62.7 Å². The number of aromatic nitrogens is 1. The zero-order valence-electron chi connectivity index (χ0n) is 17.4. The van der Waals surface area contributed by atoms with Crippen molar-refractivity contribution in [3.05, 3.63) is 71.9 Å². The van der Waals surface area contributed by atoms with Crippen molar-refractivity contribution in [3.8, 4) is 5.75 Å². The van der Waals surface area contributed by atoms with Crippen LogP contribution < -0.4 is 4.74 Å². The van der Waals surface area contributed by atoms with E-state index in [9.17, 15) is 9.90 Å². The maximum atomic E-state index is 13.3. The summed E-state index contributed by atoms with van der Waals surface area (Å²) in [5, 5.41) is 11.0. The van der Waals surface area contributed by atoms with Gasteiger partial charge in [0.25, 0.3) is 5.91 Å². The van der Waals surface area contributed by atoms with Gasteiger partial charge in [-0.2, -0.15) is 0 Å². The quantitative estimate of drug-likeness (QED) is 0.668. The first-order valence-corrected chi connectivity index (χ1v) is 10.5. The number of likely N-dealkylation sites (tertiary alicyclic amines) is 1. The zero-order valence-corrected chi connectivity index (χ0v) is 17.4. The van der Waals surface area contributed by atoms with Gasteiger partial charge in [-0.15, -0.1) is 0 Å². The standard InChI is InChI=1S/C25H28N2O3/c1-19-17-22(21-9-5-6-10-23(21)26-19)24(29)27-14-11-25(18-28,12-15-27)13-16-30-20-7-3-2-4-8-20/h2-10,17,28H,11-16,18H2,1H3. The molecule has 156 valence electrons. The Labute approximate surface area is 177 Å². The van der Waals surface area contributed by atoms with Gasteiger partial charge in [-0.05, 0) is 50.5 Å². The number of aliphatic hydroxyl groups excluding tert-OH is 1. The monoisotopic (exact) mass is 404 g/mol. The predicted octanol–water partition coefficient (Wildman–Crippen LogP) is 4.23. The number of ether oxygens (including phenoxy) is 1. The number of fused-ring (bicyclic) bond motifs is 1. The largest absolute Gasteiger partial charge is 0.494 e. The van der Waals surface area contributed by atoms with Crippen molar-refractivity contribution < 1.29 is 14.6 Å². The fourth-order valence-electron chi connectivity index (χ4n) is 4.23. The summed E-state index contributed by atoms with van der Waals surface area (Å²) in [6.45, 7) is 3.88.